The van der Waals surface area contributed by atoms with E-state index in [4.69, 9.17) is 4.74 Å². The minimum atomic E-state index is -0.317. The molecular formula is C23H20N6O3. The fourth-order valence-corrected chi connectivity index (χ4v) is 3.09. The van der Waals surface area contributed by atoms with Gasteiger partial charge in [0.2, 0.25) is 11.9 Å². The van der Waals surface area contributed by atoms with Crippen molar-refractivity contribution in [3.05, 3.63) is 83.4 Å². The molecule has 2 aromatic carbocycles. The topological polar surface area (TPSA) is 111 Å². The Morgan fingerprint density at radius 1 is 1.06 bits per heavy atom. The average molecular weight is 428 g/mol. The Balaban J connectivity index is 1.76. The van der Waals surface area contributed by atoms with Gasteiger partial charge >= 0.3 is 0 Å². The first-order valence-electron chi connectivity index (χ1n) is 9.70. The first-order valence-corrected chi connectivity index (χ1v) is 9.70. The van der Waals surface area contributed by atoms with E-state index in [1.54, 1.807) is 44.5 Å². The third kappa shape index (κ3) is 4.17. The summed E-state index contributed by atoms with van der Waals surface area (Å²) in [7, 11) is 1.60. The summed E-state index contributed by atoms with van der Waals surface area (Å²) in [5.74, 6) is 0.731. The Morgan fingerprint density at radius 3 is 2.41 bits per heavy atom. The first-order chi connectivity index (χ1) is 15.5. The fourth-order valence-electron chi connectivity index (χ4n) is 3.09. The van der Waals surface area contributed by atoms with Crippen LogP contribution < -0.4 is 20.9 Å². The zero-order chi connectivity index (χ0) is 22.7. The van der Waals surface area contributed by atoms with Gasteiger partial charge in [-0.1, -0.05) is 6.58 Å². The summed E-state index contributed by atoms with van der Waals surface area (Å²) in [4.78, 5) is 37.7. The number of ether oxygens (including phenoxy) is 1. The van der Waals surface area contributed by atoms with Crippen molar-refractivity contribution >= 4 is 34.4 Å². The lowest BCUT2D eigenvalue weighted by atomic mass is 10.2. The summed E-state index contributed by atoms with van der Waals surface area (Å²) < 4.78 is 6.64. The van der Waals surface area contributed by atoms with Crippen LogP contribution in [0.1, 0.15) is 5.69 Å². The molecule has 0 aliphatic heterocycles. The van der Waals surface area contributed by atoms with Crippen molar-refractivity contribution < 1.29 is 9.53 Å². The number of hydrogen-bond acceptors (Lipinski definition) is 7. The van der Waals surface area contributed by atoms with Crippen LogP contribution in [0.25, 0.3) is 16.9 Å². The number of carbonyl (C=O) groups is 1. The molecule has 0 atom stereocenters. The molecule has 0 saturated heterocycles. The van der Waals surface area contributed by atoms with Crippen molar-refractivity contribution in [3.63, 3.8) is 0 Å². The number of nitrogens with zero attached hydrogens (tertiary/aromatic N) is 4. The second-order valence-electron chi connectivity index (χ2n) is 6.83. The van der Waals surface area contributed by atoms with Crippen molar-refractivity contribution in [1.82, 2.24) is 19.5 Å². The van der Waals surface area contributed by atoms with E-state index in [1.807, 2.05) is 24.3 Å². The standard InChI is InChI=1S/C23H20N6O3/c1-4-20(30)26-15-5-9-17(10-6-15)29-21-19(25-14(2)22(29)31)13-24-23(28-21)27-16-7-11-18(32-3)12-8-16/h4-13H,1H2,2-3H3,(H,26,30)(H,24,27,28). The highest BCUT2D eigenvalue weighted by molar-refractivity contribution is 5.98. The molecule has 1 amide bonds. The number of anilines is 3. The third-order valence-electron chi connectivity index (χ3n) is 4.69. The van der Waals surface area contributed by atoms with E-state index in [-0.39, 0.29) is 11.5 Å². The summed E-state index contributed by atoms with van der Waals surface area (Å²) in [5, 5.41) is 5.80. The number of aryl methyl sites for hydroxylation is 1. The molecule has 0 radical (unpaired) electrons. The maximum absolute atomic E-state index is 13.0. The van der Waals surface area contributed by atoms with Crippen molar-refractivity contribution in [1.29, 1.82) is 0 Å². The maximum Gasteiger partial charge on any atom is 0.278 e. The monoisotopic (exact) mass is 428 g/mol. The van der Waals surface area contributed by atoms with E-state index in [1.165, 1.54) is 10.6 Å². The molecule has 4 rings (SSSR count). The summed E-state index contributed by atoms with van der Waals surface area (Å²) >= 11 is 0. The van der Waals surface area contributed by atoms with Gasteiger partial charge in [0.1, 0.15) is 17.0 Å². The molecular weight excluding hydrogens is 408 g/mol. The van der Waals surface area contributed by atoms with E-state index in [2.05, 4.69) is 32.2 Å². The molecule has 32 heavy (non-hydrogen) atoms. The zero-order valence-electron chi connectivity index (χ0n) is 17.5. The number of rotatable bonds is 6. The SMILES string of the molecule is C=CC(=O)Nc1ccc(-n2c(=O)c(C)nc3cnc(Nc4ccc(OC)cc4)nc32)cc1. The van der Waals surface area contributed by atoms with Crippen LogP contribution in [-0.4, -0.2) is 32.5 Å². The van der Waals surface area contributed by atoms with Gasteiger partial charge in [-0.2, -0.15) is 4.98 Å². The Hall–Kier alpha value is -4.53. The highest BCUT2D eigenvalue weighted by atomic mass is 16.5. The first kappa shape index (κ1) is 20.7. The predicted molar refractivity (Wildman–Crippen MR) is 123 cm³/mol. The van der Waals surface area contributed by atoms with Crippen LogP contribution in [0.4, 0.5) is 17.3 Å². The lowest BCUT2D eigenvalue weighted by molar-refractivity contribution is -0.111. The lowest BCUT2D eigenvalue weighted by Gasteiger charge is -2.12. The number of amides is 1. The molecule has 0 saturated carbocycles. The number of aromatic nitrogens is 4. The van der Waals surface area contributed by atoms with Gasteiger partial charge in [-0.3, -0.25) is 14.2 Å². The highest BCUT2D eigenvalue weighted by Gasteiger charge is 2.13. The molecule has 0 bridgehead atoms. The van der Waals surface area contributed by atoms with E-state index in [0.29, 0.717) is 34.2 Å². The van der Waals surface area contributed by atoms with Crippen LogP contribution in [0.2, 0.25) is 0 Å². The second-order valence-corrected chi connectivity index (χ2v) is 6.83. The number of hydrogen-bond donors (Lipinski definition) is 2. The highest BCUT2D eigenvalue weighted by Crippen LogP contribution is 2.20. The number of fused-ring (bicyclic) bond motifs is 1. The predicted octanol–water partition coefficient (Wildman–Crippen LogP) is 3.36. The molecule has 9 heteroatoms. The van der Waals surface area contributed by atoms with Crippen molar-refractivity contribution in [2.45, 2.75) is 6.92 Å². The molecule has 160 valence electrons. The molecule has 2 heterocycles. The Kier molecular flexibility index (Phi) is 5.63. The van der Waals surface area contributed by atoms with Crippen molar-refractivity contribution in [3.8, 4) is 11.4 Å². The largest absolute Gasteiger partial charge is 0.497 e. The van der Waals surface area contributed by atoms with Crippen LogP contribution in [0.5, 0.6) is 5.75 Å². The molecule has 9 nitrogen and oxygen atoms in total. The Bertz CT molecular complexity index is 1360. The maximum atomic E-state index is 13.0. The second kappa shape index (κ2) is 8.68. The van der Waals surface area contributed by atoms with E-state index in [9.17, 15) is 9.59 Å². The average Bonchev–Trinajstić information content (AvgIpc) is 2.81. The van der Waals surface area contributed by atoms with Gasteiger partial charge < -0.3 is 15.4 Å². The molecule has 2 aromatic heterocycles. The molecule has 2 N–H and O–H groups in total. The Labute approximate surface area is 183 Å². The fraction of sp³-hybridized carbons (Fsp3) is 0.0870. The summed E-state index contributed by atoms with van der Waals surface area (Å²) in [6.07, 6.45) is 2.75. The molecule has 0 spiro atoms. The quantitative estimate of drug-likeness (QED) is 0.453. The van der Waals surface area contributed by atoms with Gasteiger partial charge in [-0.05, 0) is 61.5 Å². The van der Waals surface area contributed by atoms with Crippen molar-refractivity contribution in [2.75, 3.05) is 17.7 Å². The lowest BCUT2D eigenvalue weighted by Crippen LogP contribution is -2.23. The molecule has 4 aromatic rings. The number of nitrogens with one attached hydrogen (secondary N) is 2. The van der Waals surface area contributed by atoms with E-state index in [0.717, 1.165) is 11.4 Å². The van der Waals surface area contributed by atoms with Crippen LogP contribution in [0, 0.1) is 6.92 Å². The van der Waals surface area contributed by atoms with E-state index < -0.39 is 0 Å². The number of carbonyl (C=O) groups excluding carboxylic acids is 1. The third-order valence-corrected chi connectivity index (χ3v) is 4.69. The van der Waals surface area contributed by atoms with Crippen LogP contribution >= 0.6 is 0 Å². The number of methoxy groups -OCH3 is 1. The van der Waals surface area contributed by atoms with E-state index >= 15 is 0 Å². The van der Waals surface area contributed by atoms with Crippen LogP contribution in [0.15, 0.2) is 72.2 Å². The minimum Gasteiger partial charge on any atom is -0.497 e. The summed E-state index contributed by atoms with van der Waals surface area (Å²) in [6, 6.07) is 14.1. The molecule has 0 unspecified atom stereocenters. The smallest absolute Gasteiger partial charge is 0.278 e. The normalized spacial score (nSPS) is 10.6. The van der Waals surface area contributed by atoms with Crippen LogP contribution in [-0.2, 0) is 4.79 Å². The van der Waals surface area contributed by atoms with Gasteiger partial charge in [0.25, 0.3) is 5.56 Å². The summed E-state index contributed by atoms with van der Waals surface area (Å²) in [5.41, 5.74) is 2.78. The number of benzene rings is 2. The van der Waals surface area contributed by atoms with Gasteiger partial charge in [-0.25, -0.2) is 9.97 Å². The minimum absolute atomic E-state index is 0.297. The van der Waals surface area contributed by atoms with Gasteiger partial charge in [0, 0.05) is 11.4 Å². The Morgan fingerprint density at radius 2 is 1.75 bits per heavy atom. The van der Waals surface area contributed by atoms with Crippen molar-refractivity contribution in [2.24, 2.45) is 0 Å². The van der Waals surface area contributed by atoms with Gasteiger partial charge in [-0.15, -0.1) is 0 Å². The summed E-state index contributed by atoms with van der Waals surface area (Å²) in [6.45, 7) is 5.07. The van der Waals surface area contributed by atoms with Crippen LogP contribution in [0.3, 0.4) is 0 Å². The molecule has 0 aliphatic carbocycles. The zero-order valence-corrected chi connectivity index (χ0v) is 17.5. The van der Waals surface area contributed by atoms with Gasteiger partial charge in [0.15, 0.2) is 5.65 Å². The molecule has 0 aliphatic rings. The molecule has 0 fully saturated rings. The van der Waals surface area contributed by atoms with Gasteiger partial charge in [0.05, 0.1) is 19.0 Å².